The van der Waals surface area contributed by atoms with Crippen molar-refractivity contribution in [1.82, 2.24) is 0 Å². The Labute approximate surface area is 248 Å². The lowest BCUT2D eigenvalue weighted by Crippen LogP contribution is -2.17. The first-order valence-electron chi connectivity index (χ1n) is 12.5. The van der Waals surface area contributed by atoms with Gasteiger partial charge in [-0.15, -0.1) is 0 Å². The smallest absolute Gasteiger partial charge is 0.388 e. The lowest BCUT2D eigenvalue weighted by molar-refractivity contribution is -0.369. The number of anilines is 3. The third-order valence-electron chi connectivity index (χ3n) is 7.11. The normalized spacial score (nSPS) is 15.4. The van der Waals surface area contributed by atoms with Crippen molar-refractivity contribution < 1.29 is 26.7 Å². The number of hydrogen-bond acceptors (Lipinski definition) is 3. The summed E-state index contributed by atoms with van der Waals surface area (Å²) in [5.41, 5.74) is 2.72. The monoisotopic (exact) mass is 681 g/mol. The van der Waals surface area contributed by atoms with Gasteiger partial charge in [-0.05, 0) is 90.0 Å². The molecule has 0 saturated carbocycles. The molecule has 0 atom stereocenters. The highest BCUT2D eigenvalue weighted by Gasteiger charge is 2.57. The number of halogens is 6. The average Bonchev–Trinajstić information content (AvgIpc) is 3.41. The zero-order chi connectivity index (χ0) is 28.5. The van der Waals surface area contributed by atoms with Crippen LogP contribution in [0.25, 0.3) is 33.1 Å². The van der Waals surface area contributed by atoms with E-state index in [1.54, 1.807) is 0 Å². The molecule has 6 aromatic rings. The molecule has 7 rings (SSSR count). The summed E-state index contributed by atoms with van der Waals surface area (Å²) in [7, 11) is 0. The number of fused-ring (bicyclic) bond motifs is 4. The topological polar surface area (TPSA) is 25.6 Å². The molecule has 1 aliphatic heterocycles. The Balaban J connectivity index is 1.52. The zero-order valence-corrected chi connectivity index (χ0v) is 24.0. The molecule has 0 radical (unpaired) electrons. The summed E-state index contributed by atoms with van der Waals surface area (Å²) in [4.78, 5) is 2.01. The minimum Gasteiger partial charge on any atom is -0.454 e. The molecule has 204 valence electrons. The van der Waals surface area contributed by atoms with E-state index in [1.165, 1.54) is 6.07 Å². The van der Waals surface area contributed by atoms with Gasteiger partial charge >= 0.3 is 12.2 Å². The van der Waals surface area contributed by atoms with Crippen molar-refractivity contribution in [2.24, 2.45) is 0 Å². The summed E-state index contributed by atoms with van der Waals surface area (Å²) in [6.45, 7) is 0. The van der Waals surface area contributed by atoms with Crippen LogP contribution in [0, 0.1) is 0 Å². The van der Waals surface area contributed by atoms with E-state index in [0.29, 0.717) is 28.0 Å². The first-order chi connectivity index (χ1) is 19.6. The predicted molar refractivity (Wildman–Crippen MR) is 158 cm³/mol. The van der Waals surface area contributed by atoms with Crippen molar-refractivity contribution >= 4 is 70.9 Å². The predicted octanol–water partition coefficient (Wildman–Crippen LogP) is 11.4. The van der Waals surface area contributed by atoms with Crippen molar-refractivity contribution in [2.75, 3.05) is 4.90 Å². The lowest BCUT2D eigenvalue weighted by Gasteiger charge is -2.26. The Morgan fingerprint density at radius 2 is 1.20 bits per heavy atom. The average molecular weight is 683 g/mol. The third-order valence-corrected chi connectivity index (χ3v) is 8.16. The van der Waals surface area contributed by atoms with Crippen LogP contribution < -0.4 is 4.90 Å². The van der Waals surface area contributed by atoms with E-state index in [1.807, 2.05) is 89.8 Å². The molecular weight excluding hydrogens is 666 g/mol. The van der Waals surface area contributed by atoms with Crippen LogP contribution in [0.1, 0.15) is 11.1 Å². The summed E-state index contributed by atoms with van der Waals surface area (Å²) in [5.74, 6) is 0. The molecule has 0 saturated heterocycles. The maximum absolute atomic E-state index is 14.5. The van der Waals surface area contributed by atoms with Crippen LogP contribution in [0.5, 0.6) is 0 Å². The van der Waals surface area contributed by atoms with E-state index in [9.17, 15) is 17.6 Å². The van der Waals surface area contributed by atoms with Gasteiger partial charge in [0.2, 0.25) is 0 Å². The number of nitrogens with zero attached hydrogens (tertiary/aromatic N) is 1. The van der Waals surface area contributed by atoms with Gasteiger partial charge in [-0.25, -0.2) is 4.74 Å². The molecule has 3 nitrogen and oxygen atoms in total. The molecule has 0 unspecified atom stereocenters. The summed E-state index contributed by atoms with van der Waals surface area (Å²) in [5, 5.41) is 1.58. The number of rotatable bonds is 4. The van der Waals surface area contributed by atoms with Crippen LogP contribution in [-0.2, 0) is 17.0 Å². The summed E-state index contributed by atoms with van der Waals surface area (Å²) in [6, 6.07) is 30.2. The molecule has 2 heterocycles. The van der Waals surface area contributed by atoms with Crippen LogP contribution in [0.3, 0.4) is 0 Å². The number of furan rings is 1. The Morgan fingerprint density at radius 3 is 1.85 bits per heavy atom. The minimum atomic E-state index is -4.12. The molecule has 41 heavy (non-hydrogen) atoms. The lowest BCUT2D eigenvalue weighted by atomic mass is 9.96. The zero-order valence-electron chi connectivity index (χ0n) is 20.8. The molecule has 0 N–H and O–H groups in total. The third kappa shape index (κ3) is 4.43. The van der Waals surface area contributed by atoms with E-state index in [0.717, 1.165) is 43.2 Å². The van der Waals surface area contributed by atoms with Gasteiger partial charge in [0, 0.05) is 31.1 Å². The van der Waals surface area contributed by atoms with E-state index < -0.39 is 23.3 Å². The van der Waals surface area contributed by atoms with Crippen LogP contribution in [0.2, 0.25) is 0 Å². The van der Waals surface area contributed by atoms with E-state index in [4.69, 9.17) is 4.42 Å². The van der Waals surface area contributed by atoms with E-state index in [-0.39, 0.29) is 0 Å². The second-order valence-corrected chi connectivity index (χ2v) is 11.5. The standard InChI is InChI=1S/C32H17Br2F4NO2/c33-20-6-10-22(11-7-20)39(23-12-8-21(34)9-13-23)28-17-19(15-25-24-3-1-2-4-29(24)40-30(25)28)18-5-14-26-27(16-18)32(37,38)41-31(26,35)36/h1-17H. The quantitative estimate of drug-likeness (QED) is 0.173. The fourth-order valence-electron chi connectivity index (χ4n) is 5.24. The van der Waals surface area contributed by atoms with Crippen molar-refractivity contribution in [3.05, 3.63) is 123 Å². The second-order valence-electron chi connectivity index (χ2n) is 9.65. The molecule has 1 aliphatic rings. The number of benzene rings is 5. The van der Waals surface area contributed by atoms with Crippen molar-refractivity contribution in [3.63, 3.8) is 0 Å². The number of para-hydroxylation sites is 1. The Bertz CT molecular complexity index is 1910. The van der Waals surface area contributed by atoms with E-state index in [2.05, 4.69) is 36.6 Å². The molecule has 0 bridgehead atoms. The highest BCUT2D eigenvalue weighted by atomic mass is 79.9. The second kappa shape index (κ2) is 9.44. The highest BCUT2D eigenvalue weighted by Crippen LogP contribution is 2.52. The van der Waals surface area contributed by atoms with Crippen molar-refractivity contribution in [3.8, 4) is 11.1 Å². The van der Waals surface area contributed by atoms with Gasteiger partial charge in [0.15, 0.2) is 5.58 Å². The summed E-state index contributed by atoms with van der Waals surface area (Å²) < 4.78 is 69.4. The fourth-order valence-corrected chi connectivity index (χ4v) is 5.77. The van der Waals surface area contributed by atoms with Gasteiger partial charge in [0.1, 0.15) is 5.58 Å². The van der Waals surface area contributed by atoms with Crippen LogP contribution >= 0.6 is 31.9 Å². The maximum Gasteiger partial charge on any atom is 0.388 e. The molecule has 0 spiro atoms. The number of ether oxygens (including phenoxy) is 1. The summed E-state index contributed by atoms with van der Waals surface area (Å²) in [6.07, 6.45) is -8.20. The van der Waals surface area contributed by atoms with Gasteiger partial charge in [-0.1, -0.05) is 56.1 Å². The largest absolute Gasteiger partial charge is 0.454 e. The highest BCUT2D eigenvalue weighted by molar-refractivity contribution is 9.10. The first-order valence-corrected chi connectivity index (χ1v) is 14.1. The van der Waals surface area contributed by atoms with E-state index >= 15 is 0 Å². The molecule has 1 aromatic heterocycles. The van der Waals surface area contributed by atoms with Crippen LogP contribution in [-0.4, -0.2) is 0 Å². The van der Waals surface area contributed by atoms with Gasteiger partial charge in [-0.2, -0.15) is 17.6 Å². The molecule has 0 fully saturated rings. The minimum absolute atomic E-state index is 0.338. The SMILES string of the molecule is FC1(F)OC(F)(F)c2cc(-c3cc(N(c4ccc(Br)cc4)c4ccc(Br)cc4)c4oc5ccccc5c4c3)ccc21. The first kappa shape index (κ1) is 26.3. The van der Waals surface area contributed by atoms with Gasteiger partial charge in [0.05, 0.1) is 16.8 Å². The molecular formula is C32H17Br2F4NO2. The Hall–Kier alpha value is -3.66. The molecule has 9 heteroatoms. The number of alkyl halides is 4. The number of hydrogen-bond donors (Lipinski definition) is 0. The molecule has 0 aliphatic carbocycles. The van der Waals surface area contributed by atoms with Gasteiger partial charge in [0.25, 0.3) is 0 Å². The van der Waals surface area contributed by atoms with Crippen LogP contribution in [0.15, 0.2) is 116 Å². The Morgan fingerprint density at radius 1 is 0.585 bits per heavy atom. The van der Waals surface area contributed by atoms with Gasteiger partial charge < -0.3 is 9.32 Å². The maximum atomic E-state index is 14.5. The molecule has 0 amide bonds. The van der Waals surface area contributed by atoms with Gasteiger partial charge in [-0.3, -0.25) is 0 Å². The molecule has 5 aromatic carbocycles. The fraction of sp³-hybridized carbons (Fsp3) is 0.0625. The van der Waals surface area contributed by atoms with Crippen LogP contribution in [0.4, 0.5) is 34.6 Å². The Kier molecular flexibility index (Phi) is 6.04. The van der Waals surface area contributed by atoms with Crippen molar-refractivity contribution in [1.29, 1.82) is 0 Å². The summed E-state index contributed by atoms with van der Waals surface area (Å²) >= 11 is 6.99. The van der Waals surface area contributed by atoms with Crippen molar-refractivity contribution in [2.45, 2.75) is 12.2 Å².